The fourth-order valence-corrected chi connectivity index (χ4v) is 2.58. The minimum absolute atomic E-state index is 0.0261. The maximum Gasteiger partial charge on any atom is 0.123 e. The highest BCUT2D eigenvalue weighted by Crippen LogP contribution is 2.29. The number of hydrogen-bond donors (Lipinski definition) is 1. The first-order valence-electron chi connectivity index (χ1n) is 5.74. The molecule has 1 aromatic carbocycles. The lowest BCUT2D eigenvalue weighted by atomic mass is 10.1. The Morgan fingerprint density at radius 1 is 1.41 bits per heavy atom. The molecule has 0 bridgehead atoms. The first-order valence-corrected chi connectivity index (χ1v) is 6.62. The van der Waals surface area contributed by atoms with Crippen molar-refractivity contribution < 1.29 is 4.39 Å². The Kier molecular flexibility index (Phi) is 2.91. The molecule has 2 nitrogen and oxygen atoms in total. The molecular formula is C13H13FN2S. The molecule has 0 radical (unpaired) electrons. The van der Waals surface area contributed by atoms with E-state index < -0.39 is 0 Å². The van der Waals surface area contributed by atoms with Gasteiger partial charge < -0.3 is 5.32 Å². The topological polar surface area (TPSA) is 24.9 Å². The smallest absolute Gasteiger partial charge is 0.123 e. The van der Waals surface area contributed by atoms with Gasteiger partial charge in [0, 0.05) is 17.6 Å². The Hall–Kier alpha value is -1.26. The van der Waals surface area contributed by atoms with Gasteiger partial charge in [0.25, 0.3) is 0 Å². The van der Waals surface area contributed by atoms with E-state index in [2.05, 4.69) is 10.3 Å². The molecule has 4 heteroatoms. The zero-order valence-corrected chi connectivity index (χ0v) is 10.1. The normalized spacial score (nSPS) is 17.0. The van der Waals surface area contributed by atoms with Crippen LogP contribution in [0.4, 0.5) is 4.39 Å². The fourth-order valence-electron chi connectivity index (χ4n) is 1.86. The monoisotopic (exact) mass is 248 g/mol. The molecule has 2 aromatic rings. The highest BCUT2D eigenvalue weighted by molar-refractivity contribution is 7.09. The van der Waals surface area contributed by atoms with E-state index in [1.54, 1.807) is 29.7 Å². The Balaban J connectivity index is 1.92. The summed E-state index contributed by atoms with van der Waals surface area (Å²) >= 11 is 1.61. The summed E-state index contributed by atoms with van der Waals surface area (Å²) < 4.78 is 13.3. The summed E-state index contributed by atoms with van der Waals surface area (Å²) in [5.41, 5.74) is 0.951. The minimum atomic E-state index is -0.193. The molecule has 0 saturated heterocycles. The average Bonchev–Trinajstić information content (AvgIpc) is 2.99. The third kappa shape index (κ3) is 2.53. The summed E-state index contributed by atoms with van der Waals surface area (Å²) in [5.74, 6) is -0.193. The zero-order valence-electron chi connectivity index (χ0n) is 9.27. The average molecular weight is 248 g/mol. The van der Waals surface area contributed by atoms with E-state index in [9.17, 15) is 4.39 Å². The van der Waals surface area contributed by atoms with Gasteiger partial charge >= 0.3 is 0 Å². The molecule has 1 atom stereocenters. The van der Waals surface area contributed by atoms with Gasteiger partial charge in [-0.2, -0.15) is 0 Å². The molecule has 1 aromatic heterocycles. The molecule has 1 N–H and O–H groups in total. The van der Waals surface area contributed by atoms with Crippen LogP contribution >= 0.6 is 11.3 Å². The third-order valence-corrected chi connectivity index (χ3v) is 3.70. The van der Waals surface area contributed by atoms with E-state index in [-0.39, 0.29) is 11.9 Å². The van der Waals surface area contributed by atoms with Crippen LogP contribution in [0.15, 0.2) is 35.8 Å². The number of benzene rings is 1. The summed E-state index contributed by atoms with van der Waals surface area (Å²) in [6, 6.07) is 7.34. The van der Waals surface area contributed by atoms with Gasteiger partial charge in [0.1, 0.15) is 10.8 Å². The van der Waals surface area contributed by atoms with E-state index in [0.717, 1.165) is 10.6 Å². The van der Waals surface area contributed by atoms with Crippen molar-refractivity contribution >= 4 is 11.3 Å². The highest BCUT2D eigenvalue weighted by Gasteiger charge is 2.27. The van der Waals surface area contributed by atoms with Gasteiger partial charge in [0.15, 0.2) is 0 Å². The molecule has 1 heterocycles. The van der Waals surface area contributed by atoms with Crippen LogP contribution in [0, 0.1) is 5.82 Å². The third-order valence-electron chi connectivity index (χ3n) is 2.86. The van der Waals surface area contributed by atoms with Crippen LogP contribution in [-0.2, 0) is 0 Å². The van der Waals surface area contributed by atoms with Crippen molar-refractivity contribution in [1.29, 1.82) is 0 Å². The minimum Gasteiger partial charge on any atom is -0.301 e. The Morgan fingerprint density at radius 2 is 2.29 bits per heavy atom. The lowest BCUT2D eigenvalue weighted by Crippen LogP contribution is -2.24. The van der Waals surface area contributed by atoms with E-state index in [1.807, 2.05) is 11.4 Å². The summed E-state index contributed by atoms with van der Waals surface area (Å²) in [7, 11) is 0. The molecule has 17 heavy (non-hydrogen) atoms. The summed E-state index contributed by atoms with van der Waals surface area (Å²) in [6.45, 7) is 0. The zero-order chi connectivity index (χ0) is 11.7. The van der Waals surface area contributed by atoms with Gasteiger partial charge in [0.05, 0.1) is 6.04 Å². The van der Waals surface area contributed by atoms with Crippen molar-refractivity contribution in [2.24, 2.45) is 0 Å². The predicted octanol–water partition coefficient (Wildman–Crippen LogP) is 3.12. The number of nitrogens with zero attached hydrogens (tertiary/aromatic N) is 1. The van der Waals surface area contributed by atoms with Crippen LogP contribution in [-0.4, -0.2) is 11.0 Å². The van der Waals surface area contributed by atoms with Gasteiger partial charge in [-0.05, 0) is 30.5 Å². The molecule has 88 valence electrons. The van der Waals surface area contributed by atoms with E-state index >= 15 is 0 Å². The maximum absolute atomic E-state index is 13.3. The van der Waals surface area contributed by atoms with Crippen molar-refractivity contribution in [3.8, 4) is 0 Å². The second-order valence-electron chi connectivity index (χ2n) is 4.30. The molecule has 1 unspecified atom stereocenters. The number of hydrogen-bond acceptors (Lipinski definition) is 3. The van der Waals surface area contributed by atoms with Crippen molar-refractivity contribution in [3.05, 3.63) is 52.2 Å². The summed E-state index contributed by atoms with van der Waals surface area (Å²) in [4.78, 5) is 4.34. The van der Waals surface area contributed by atoms with Crippen LogP contribution in [0.5, 0.6) is 0 Å². The van der Waals surface area contributed by atoms with E-state index in [1.165, 1.54) is 18.9 Å². The van der Waals surface area contributed by atoms with Crippen LogP contribution < -0.4 is 5.32 Å². The molecule has 1 aliphatic rings. The number of thiazole rings is 1. The van der Waals surface area contributed by atoms with Gasteiger partial charge in [-0.1, -0.05) is 12.1 Å². The van der Waals surface area contributed by atoms with Gasteiger partial charge in [-0.25, -0.2) is 9.37 Å². The van der Waals surface area contributed by atoms with Gasteiger partial charge in [-0.15, -0.1) is 11.3 Å². The Bertz CT molecular complexity index is 494. The molecule has 1 fully saturated rings. The summed E-state index contributed by atoms with van der Waals surface area (Å²) in [5, 5.41) is 6.47. The number of halogens is 1. The standard InChI is InChI=1S/C13H13FN2S/c14-10-3-1-2-9(8-10)12(16-11-4-5-11)13-15-6-7-17-13/h1-3,6-8,11-12,16H,4-5H2. The van der Waals surface area contributed by atoms with Crippen LogP contribution in [0.3, 0.4) is 0 Å². The van der Waals surface area contributed by atoms with Crippen molar-refractivity contribution in [2.45, 2.75) is 24.9 Å². The fraction of sp³-hybridized carbons (Fsp3) is 0.308. The molecule has 3 rings (SSSR count). The Labute approximate surface area is 104 Å². The maximum atomic E-state index is 13.3. The van der Waals surface area contributed by atoms with Crippen molar-refractivity contribution in [2.75, 3.05) is 0 Å². The first kappa shape index (κ1) is 10.9. The number of aromatic nitrogens is 1. The van der Waals surface area contributed by atoms with Crippen LogP contribution in [0.2, 0.25) is 0 Å². The highest BCUT2D eigenvalue weighted by atomic mass is 32.1. The molecule has 0 amide bonds. The van der Waals surface area contributed by atoms with Gasteiger partial charge in [0.2, 0.25) is 0 Å². The largest absolute Gasteiger partial charge is 0.301 e. The van der Waals surface area contributed by atoms with E-state index in [4.69, 9.17) is 0 Å². The lowest BCUT2D eigenvalue weighted by molar-refractivity contribution is 0.584. The van der Waals surface area contributed by atoms with Crippen LogP contribution in [0.25, 0.3) is 0 Å². The number of nitrogens with one attached hydrogen (secondary N) is 1. The first-order chi connectivity index (χ1) is 8.33. The summed E-state index contributed by atoms with van der Waals surface area (Å²) in [6.07, 6.45) is 4.20. The van der Waals surface area contributed by atoms with E-state index in [0.29, 0.717) is 6.04 Å². The molecular weight excluding hydrogens is 235 g/mol. The second kappa shape index (κ2) is 4.55. The predicted molar refractivity (Wildman–Crippen MR) is 66.5 cm³/mol. The molecule has 1 saturated carbocycles. The molecule has 0 aliphatic heterocycles. The van der Waals surface area contributed by atoms with Crippen molar-refractivity contribution in [1.82, 2.24) is 10.3 Å². The molecule has 1 aliphatic carbocycles. The molecule has 0 spiro atoms. The lowest BCUT2D eigenvalue weighted by Gasteiger charge is -2.16. The second-order valence-corrected chi connectivity index (χ2v) is 5.23. The SMILES string of the molecule is Fc1cccc(C(NC2CC2)c2nccs2)c1. The number of rotatable bonds is 4. The quantitative estimate of drug-likeness (QED) is 0.899. The Morgan fingerprint density at radius 3 is 2.94 bits per heavy atom. The van der Waals surface area contributed by atoms with Crippen molar-refractivity contribution in [3.63, 3.8) is 0 Å². The van der Waals surface area contributed by atoms with Gasteiger partial charge in [-0.3, -0.25) is 0 Å². The van der Waals surface area contributed by atoms with Crippen LogP contribution in [0.1, 0.15) is 29.5 Å².